The number of rotatable bonds is 1. The molecule has 6 bridgehead atoms. The van der Waals surface area contributed by atoms with Crippen LogP contribution in [0.15, 0.2) is 5.10 Å². The number of nitrogens with one attached hydrogen (secondary N) is 1. The maximum Gasteiger partial charge on any atom is 0.184 e. The van der Waals surface area contributed by atoms with Crippen LogP contribution in [0.4, 0.5) is 0 Å². The molecule has 9 atom stereocenters. The minimum Gasteiger partial charge on any atom is -0.375 e. The number of thiocarbonyl (C=S) groups is 1. The van der Waals surface area contributed by atoms with Gasteiger partial charge in [-0.25, -0.2) is 0 Å². The Morgan fingerprint density at radius 1 is 1.24 bits per heavy atom. The SMILES string of the molecule is NC(=S)NN=C1[C@H]2[C@@H]3C[C@H]4[C@H]2[C@@H]2[C@H](I)[C@@H]4[C@H]3[C@@H]12. The van der Waals surface area contributed by atoms with Crippen LogP contribution in [0.25, 0.3) is 0 Å². The number of nitrogens with zero attached hydrogens (tertiary/aromatic N) is 1. The van der Waals surface area contributed by atoms with Crippen molar-refractivity contribution < 1.29 is 0 Å². The average molecular weight is 359 g/mol. The van der Waals surface area contributed by atoms with E-state index in [1.54, 1.807) is 0 Å². The van der Waals surface area contributed by atoms with Crippen LogP contribution in [0, 0.1) is 47.3 Å². The molecule has 5 heteroatoms. The molecule has 90 valence electrons. The summed E-state index contributed by atoms with van der Waals surface area (Å²) in [6.45, 7) is 0. The second kappa shape index (κ2) is 2.81. The fraction of sp³-hybridized carbons (Fsp3) is 0.833. The van der Waals surface area contributed by atoms with Crippen molar-refractivity contribution >= 4 is 45.6 Å². The number of nitrogens with two attached hydrogens (primary N) is 1. The van der Waals surface area contributed by atoms with E-state index < -0.39 is 0 Å². The Balaban J connectivity index is 1.62. The maximum atomic E-state index is 5.50. The van der Waals surface area contributed by atoms with Crippen molar-refractivity contribution in [2.75, 3.05) is 0 Å². The molecule has 6 saturated carbocycles. The summed E-state index contributed by atoms with van der Waals surface area (Å²) in [5.41, 5.74) is 9.78. The topological polar surface area (TPSA) is 50.4 Å². The van der Waals surface area contributed by atoms with Crippen LogP contribution in [0.1, 0.15) is 6.42 Å². The Morgan fingerprint density at radius 3 is 2.71 bits per heavy atom. The van der Waals surface area contributed by atoms with E-state index in [1.165, 1.54) is 12.1 Å². The lowest BCUT2D eigenvalue weighted by Crippen LogP contribution is -2.30. The summed E-state index contributed by atoms with van der Waals surface area (Å²) < 4.78 is 0.921. The zero-order valence-electron chi connectivity index (χ0n) is 9.21. The first-order valence-electron chi connectivity index (χ1n) is 6.47. The normalized spacial score (nSPS) is 65.7. The minimum atomic E-state index is 0.307. The van der Waals surface area contributed by atoms with E-state index in [0.717, 1.165) is 51.3 Å². The van der Waals surface area contributed by atoms with Crippen LogP contribution in [0.5, 0.6) is 0 Å². The molecule has 3 N–H and O–H groups in total. The predicted octanol–water partition coefficient (Wildman–Crippen LogP) is 1.37. The molecule has 0 heterocycles. The summed E-state index contributed by atoms with van der Waals surface area (Å²) in [6, 6.07) is 0. The van der Waals surface area contributed by atoms with Gasteiger partial charge in [-0.05, 0) is 54.1 Å². The number of alkyl halides is 1. The molecular weight excluding hydrogens is 345 g/mol. The van der Waals surface area contributed by atoms with Crippen molar-refractivity contribution in [3.63, 3.8) is 0 Å². The molecule has 0 amide bonds. The van der Waals surface area contributed by atoms with Crippen molar-refractivity contribution in [1.82, 2.24) is 5.43 Å². The van der Waals surface area contributed by atoms with E-state index in [-0.39, 0.29) is 0 Å². The Hall–Kier alpha value is 0.0900. The number of hydrogen-bond donors (Lipinski definition) is 2. The highest BCUT2D eigenvalue weighted by Crippen LogP contribution is 2.82. The Labute approximate surface area is 119 Å². The zero-order chi connectivity index (χ0) is 11.5. The molecule has 3 nitrogen and oxygen atoms in total. The molecule has 17 heavy (non-hydrogen) atoms. The monoisotopic (exact) mass is 359 g/mol. The highest BCUT2D eigenvalue weighted by Gasteiger charge is 2.82. The fourth-order valence-corrected chi connectivity index (χ4v) is 8.48. The lowest BCUT2D eigenvalue weighted by molar-refractivity contribution is 0.132. The molecule has 0 aliphatic heterocycles. The van der Waals surface area contributed by atoms with Crippen molar-refractivity contribution in [3.8, 4) is 0 Å². The molecule has 0 aromatic carbocycles. The molecular formula is C12H14IN3S. The highest BCUT2D eigenvalue weighted by molar-refractivity contribution is 14.1. The summed E-state index contributed by atoms with van der Waals surface area (Å²) >= 11 is 7.59. The summed E-state index contributed by atoms with van der Waals surface area (Å²) in [4.78, 5) is 0. The van der Waals surface area contributed by atoms with Gasteiger partial charge in [0, 0.05) is 21.5 Å². The van der Waals surface area contributed by atoms with Gasteiger partial charge in [-0.15, -0.1) is 0 Å². The van der Waals surface area contributed by atoms with Gasteiger partial charge >= 0.3 is 0 Å². The van der Waals surface area contributed by atoms with E-state index in [2.05, 4.69) is 33.1 Å². The predicted molar refractivity (Wildman–Crippen MR) is 77.7 cm³/mol. The standard InChI is InChI=1S/C12H14IN3S/c13-10-6-2-1-3-4(6)9-8(10)5(2)7(3)11(9)15-16-12(14)17/h2-10H,1H2,(H3,14,16,17)/t2-,3+,4-,5+,6-,7-,8-,9+,10+/m0/s1. The lowest BCUT2D eigenvalue weighted by atomic mass is 9.71. The van der Waals surface area contributed by atoms with Gasteiger partial charge in [0.15, 0.2) is 5.11 Å². The molecule has 0 unspecified atom stereocenters. The smallest absolute Gasteiger partial charge is 0.184 e. The van der Waals surface area contributed by atoms with Crippen molar-refractivity contribution in [2.24, 2.45) is 58.2 Å². The van der Waals surface area contributed by atoms with Crippen LogP contribution >= 0.6 is 34.8 Å². The molecule has 0 aromatic heterocycles. The maximum absolute atomic E-state index is 5.50. The first-order chi connectivity index (χ1) is 8.20. The van der Waals surface area contributed by atoms with Crippen molar-refractivity contribution in [1.29, 1.82) is 0 Å². The lowest BCUT2D eigenvalue weighted by Gasteiger charge is -2.32. The number of halogens is 1. The summed E-state index contributed by atoms with van der Waals surface area (Å²) in [5, 5.41) is 4.88. The first kappa shape index (κ1) is 9.95. The van der Waals surface area contributed by atoms with Gasteiger partial charge in [0.25, 0.3) is 0 Å². The van der Waals surface area contributed by atoms with Crippen molar-refractivity contribution in [2.45, 2.75) is 10.3 Å². The third-order valence-corrected chi connectivity index (χ3v) is 8.09. The van der Waals surface area contributed by atoms with E-state index >= 15 is 0 Å². The molecule has 0 saturated heterocycles. The number of hydrogen-bond acceptors (Lipinski definition) is 2. The fourth-order valence-electron chi connectivity index (χ4n) is 6.49. The molecule has 6 aliphatic carbocycles. The van der Waals surface area contributed by atoms with Gasteiger partial charge < -0.3 is 5.73 Å². The average Bonchev–Trinajstić information content (AvgIpc) is 2.97. The van der Waals surface area contributed by atoms with Gasteiger partial charge in [0.05, 0.1) is 0 Å². The molecule has 6 fully saturated rings. The zero-order valence-corrected chi connectivity index (χ0v) is 12.2. The van der Waals surface area contributed by atoms with Crippen LogP contribution < -0.4 is 11.2 Å². The largest absolute Gasteiger partial charge is 0.375 e. The van der Waals surface area contributed by atoms with Crippen molar-refractivity contribution in [3.05, 3.63) is 0 Å². The van der Waals surface area contributed by atoms with E-state index in [0.29, 0.717) is 5.11 Å². The summed E-state index contributed by atoms with van der Waals surface area (Å²) in [5.74, 6) is 7.46. The van der Waals surface area contributed by atoms with Crippen LogP contribution in [0.2, 0.25) is 0 Å². The third-order valence-electron chi connectivity index (χ3n) is 6.34. The van der Waals surface area contributed by atoms with E-state index in [1.807, 2.05) is 0 Å². The summed E-state index contributed by atoms with van der Waals surface area (Å²) in [7, 11) is 0. The van der Waals surface area contributed by atoms with E-state index in [9.17, 15) is 0 Å². The van der Waals surface area contributed by atoms with Gasteiger partial charge in [-0.1, -0.05) is 22.6 Å². The Morgan fingerprint density at radius 2 is 2.00 bits per heavy atom. The van der Waals surface area contributed by atoms with Crippen LogP contribution in [-0.4, -0.2) is 14.7 Å². The van der Waals surface area contributed by atoms with Gasteiger partial charge in [-0.3, -0.25) is 5.43 Å². The highest BCUT2D eigenvalue weighted by atomic mass is 127. The summed E-state index contributed by atoms with van der Waals surface area (Å²) in [6.07, 6.45) is 1.49. The molecule has 0 radical (unpaired) electrons. The second-order valence-electron chi connectivity index (χ2n) is 6.38. The van der Waals surface area contributed by atoms with E-state index in [4.69, 9.17) is 18.0 Å². The van der Waals surface area contributed by atoms with Crippen LogP contribution in [-0.2, 0) is 0 Å². The number of hydrazone groups is 1. The molecule has 0 spiro atoms. The second-order valence-corrected chi connectivity index (χ2v) is 8.26. The Kier molecular flexibility index (Phi) is 1.65. The van der Waals surface area contributed by atoms with Gasteiger partial charge in [-0.2, -0.15) is 5.10 Å². The first-order valence-corrected chi connectivity index (χ1v) is 8.12. The Bertz CT molecular complexity index is 476. The van der Waals surface area contributed by atoms with Gasteiger partial charge in [0.1, 0.15) is 0 Å². The van der Waals surface area contributed by atoms with Crippen LogP contribution in [0.3, 0.4) is 0 Å². The quantitative estimate of drug-likeness (QED) is 0.322. The van der Waals surface area contributed by atoms with Gasteiger partial charge in [0.2, 0.25) is 0 Å². The molecule has 6 aliphatic rings. The molecule has 6 rings (SSSR count). The molecule has 0 aromatic rings. The minimum absolute atomic E-state index is 0.307. The third kappa shape index (κ3) is 0.856.